The highest BCUT2D eigenvalue weighted by atomic mass is 14.9. The topological polar surface area (TPSA) is 35.8 Å². The van der Waals surface area contributed by atoms with E-state index >= 15 is 0 Å². The van der Waals surface area contributed by atoms with Crippen LogP contribution < -0.4 is 5.32 Å². The molecule has 0 amide bonds. The molecule has 1 N–H and O–H groups in total. The van der Waals surface area contributed by atoms with Gasteiger partial charge in [0, 0.05) is 0 Å². The molecule has 0 saturated heterocycles. The van der Waals surface area contributed by atoms with E-state index in [1.165, 1.54) is 24.0 Å². The lowest BCUT2D eigenvalue weighted by molar-refractivity contribution is 0.523. The summed E-state index contributed by atoms with van der Waals surface area (Å²) >= 11 is 0. The zero-order valence-corrected chi connectivity index (χ0v) is 10.6. The van der Waals surface area contributed by atoms with Gasteiger partial charge in [-0.25, -0.2) is 0 Å². The van der Waals surface area contributed by atoms with Crippen LogP contribution in [0.1, 0.15) is 49.8 Å². The quantitative estimate of drug-likeness (QED) is 0.838. The standard InChI is InChI=1S/C15H20N2/c1-11(2)10-17-15(9-16)14-6-4-3-5-13(14)12-7-8-12/h3-6,11-12,15,17H,7-8,10H2,1-2H3. The van der Waals surface area contributed by atoms with Crippen molar-refractivity contribution in [1.29, 1.82) is 5.26 Å². The Morgan fingerprint density at radius 3 is 2.65 bits per heavy atom. The molecular formula is C15H20N2. The largest absolute Gasteiger partial charge is 0.298 e. The lowest BCUT2D eigenvalue weighted by atomic mass is 9.97. The van der Waals surface area contributed by atoms with E-state index in [4.69, 9.17) is 0 Å². The van der Waals surface area contributed by atoms with Gasteiger partial charge in [0.1, 0.15) is 6.04 Å². The van der Waals surface area contributed by atoms with Crippen molar-refractivity contribution in [3.8, 4) is 6.07 Å². The zero-order chi connectivity index (χ0) is 12.3. The zero-order valence-electron chi connectivity index (χ0n) is 10.6. The predicted octanol–water partition coefficient (Wildman–Crippen LogP) is 3.37. The molecular weight excluding hydrogens is 208 g/mol. The van der Waals surface area contributed by atoms with Crippen molar-refractivity contribution in [2.24, 2.45) is 5.92 Å². The van der Waals surface area contributed by atoms with Crippen LogP contribution in [0.5, 0.6) is 0 Å². The molecule has 1 aliphatic carbocycles. The summed E-state index contributed by atoms with van der Waals surface area (Å²) in [6, 6.07) is 10.6. The van der Waals surface area contributed by atoms with E-state index in [-0.39, 0.29) is 6.04 Å². The second kappa shape index (κ2) is 5.33. The van der Waals surface area contributed by atoms with Crippen LogP contribution in [-0.2, 0) is 0 Å². The number of rotatable bonds is 5. The van der Waals surface area contributed by atoms with Crippen molar-refractivity contribution >= 4 is 0 Å². The molecule has 1 saturated carbocycles. The normalized spacial score (nSPS) is 16.8. The Morgan fingerprint density at radius 1 is 1.35 bits per heavy atom. The van der Waals surface area contributed by atoms with Gasteiger partial charge < -0.3 is 0 Å². The van der Waals surface area contributed by atoms with E-state index in [2.05, 4.69) is 43.4 Å². The van der Waals surface area contributed by atoms with Gasteiger partial charge >= 0.3 is 0 Å². The van der Waals surface area contributed by atoms with Gasteiger partial charge in [-0.15, -0.1) is 0 Å². The van der Waals surface area contributed by atoms with Crippen molar-refractivity contribution in [3.63, 3.8) is 0 Å². The second-order valence-electron chi connectivity index (χ2n) is 5.27. The molecule has 1 atom stereocenters. The highest BCUT2D eigenvalue weighted by molar-refractivity contribution is 5.37. The van der Waals surface area contributed by atoms with E-state index in [0.29, 0.717) is 11.8 Å². The third-order valence-electron chi connectivity index (χ3n) is 3.18. The summed E-state index contributed by atoms with van der Waals surface area (Å²) in [6.07, 6.45) is 2.55. The van der Waals surface area contributed by atoms with Crippen molar-refractivity contribution in [2.45, 2.75) is 38.6 Å². The van der Waals surface area contributed by atoms with E-state index < -0.39 is 0 Å². The third kappa shape index (κ3) is 3.08. The minimum absolute atomic E-state index is 0.158. The average Bonchev–Trinajstić information content (AvgIpc) is 3.14. The number of nitriles is 1. The first-order valence-corrected chi connectivity index (χ1v) is 6.44. The molecule has 1 fully saturated rings. The first-order valence-electron chi connectivity index (χ1n) is 6.44. The maximum absolute atomic E-state index is 9.31. The van der Waals surface area contributed by atoms with Crippen LogP contribution >= 0.6 is 0 Å². The first-order chi connectivity index (χ1) is 8.22. The van der Waals surface area contributed by atoms with Crippen LogP contribution in [-0.4, -0.2) is 6.54 Å². The number of nitrogens with one attached hydrogen (secondary N) is 1. The Bertz CT molecular complexity index is 413. The van der Waals surface area contributed by atoms with Crippen LogP contribution in [0.3, 0.4) is 0 Å². The minimum Gasteiger partial charge on any atom is -0.298 e. The second-order valence-corrected chi connectivity index (χ2v) is 5.27. The monoisotopic (exact) mass is 228 g/mol. The van der Waals surface area contributed by atoms with Gasteiger partial charge in [0.2, 0.25) is 0 Å². The van der Waals surface area contributed by atoms with Gasteiger partial charge in [0.15, 0.2) is 0 Å². The summed E-state index contributed by atoms with van der Waals surface area (Å²) < 4.78 is 0. The Morgan fingerprint density at radius 2 is 2.06 bits per heavy atom. The van der Waals surface area contributed by atoms with Crippen LogP contribution in [0, 0.1) is 17.2 Å². The molecule has 2 rings (SSSR count). The predicted molar refractivity (Wildman–Crippen MR) is 69.6 cm³/mol. The van der Waals surface area contributed by atoms with Crippen molar-refractivity contribution in [1.82, 2.24) is 5.32 Å². The molecule has 2 nitrogen and oxygen atoms in total. The van der Waals surface area contributed by atoms with Crippen molar-refractivity contribution in [3.05, 3.63) is 35.4 Å². The molecule has 2 heteroatoms. The first kappa shape index (κ1) is 12.1. The van der Waals surface area contributed by atoms with Gasteiger partial charge in [-0.1, -0.05) is 38.1 Å². The number of nitrogens with zero attached hydrogens (tertiary/aromatic N) is 1. The Hall–Kier alpha value is -1.33. The fraction of sp³-hybridized carbons (Fsp3) is 0.533. The van der Waals surface area contributed by atoms with E-state index in [0.717, 1.165) is 6.54 Å². The van der Waals surface area contributed by atoms with Gasteiger partial charge in [0.25, 0.3) is 0 Å². The molecule has 90 valence electrons. The van der Waals surface area contributed by atoms with Crippen LogP contribution in [0.4, 0.5) is 0 Å². The average molecular weight is 228 g/mol. The van der Waals surface area contributed by atoms with Gasteiger partial charge in [-0.3, -0.25) is 5.32 Å². The van der Waals surface area contributed by atoms with Crippen LogP contribution in [0.2, 0.25) is 0 Å². The van der Waals surface area contributed by atoms with Gasteiger partial charge in [-0.2, -0.15) is 5.26 Å². The molecule has 0 radical (unpaired) electrons. The molecule has 17 heavy (non-hydrogen) atoms. The maximum atomic E-state index is 9.31. The smallest absolute Gasteiger partial charge is 0.121 e. The summed E-state index contributed by atoms with van der Waals surface area (Å²) in [4.78, 5) is 0. The lowest BCUT2D eigenvalue weighted by Crippen LogP contribution is -2.25. The Kier molecular flexibility index (Phi) is 3.81. The van der Waals surface area contributed by atoms with Gasteiger partial charge in [-0.05, 0) is 42.3 Å². The van der Waals surface area contributed by atoms with Crippen molar-refractivity contribution < 1.29 is 0 Å². The van der Waals surface area contributed by atoms with E-state index in [1.807, 2.05) is 6.07 Å². The summed E-state index contributed by atoms with van der Waals surface area (Å²) in [5.74, 6) is 1.27. The highest BCUT2D eigenvalue weighted by Gasteiger charge is 2.27. The molecule has 1 unspecified atom stereocenters. The van der Waals surface area contributed by atoms with E-state index in [1.54, 1.807) is 0 Å². The summed E-state index contributed by atoms with van der Waals surface area (Å²) in [5, 5.41) is 12.7. The highest BCUT2D eigenvalue weighted by Crippen LogP contribution is 2.42. The number of hydrogen-bond donors (Lipinski definition) is 1. The minimum atomic E-state index is -0.158. The number of hydrogen-bond acceptors (Lipinski definition) is 2. The SMILES string of the molecule is CC(C)CNC(C#N)c1ccccc1C1CC1. The molecule has 0 heterocycles. The summed E-state index contributed by atoms with van der Waals surface area (Å²) in [6.45, 7) is 5.21. The fourth-order valence-corrected chi connectivity index (χ4v) is 2.12. The van der Waals surface area contributed by atoms with Gasteiger partial charge in [0.05, 0.1) is 6.07 Å². The summed E-state index contributed by atoms with van der Waals surface area (Å²) in [5.41, 5.74) is 2.55. The third-order valence-corrected chi connectivity index (χ3v) is 3.18. The molecule has 1 aromatic carbocycles. The molecule has 0 bridgehead atoms. The fourth-order valence-electron chi connectivity index (χ4n) is 2.12. The molecule has 0 aromatic heterocycles. The Balaban J connectivity index is 2.15. The lowest BCUT2D eigenvalue weighted by Gasteiger charge is -2.17. The molecule has 1 aliphatic rings. The van der Waals surface area contributed by atoms with Crippen LogP contribution in [0.25, 0.3) is 0 Å². The van der Waals surface area contributed by atoms with E-state index in [9.17, 15) is 5.26 Å². The van der Waals surface area contributed by atoms with Crippen molar-refractivity contribution in [2.75, 3.05) is 6.54 Å². The Labute approximate surface area is 104 Å². The summed E-state index contributed by atoms with van der Waals surface area (Å²) in [7, 11) is 0. The van der Waals surface area contributed by atoms with Crippen LogP contribution in [0.15, 0.2) is 24.3 Å². The maximum Gasteiger partial charge on any atom is 0.121 e. The molecule has 0 aliphatic heterocycles. The molecule has 1 aromatic rings. The molecule has 0 spiro atoms. The number of benzene rings is 1.